The molecule has 0 bridgehead atoms. The highest BCUT2D eigenvalue weighted by Gasteiger charge is 2.56. The third-order valence-electron chi connectivity index (χ3n) is 3.06. The number of morpholine rings is 1. The average molecular weight is 191 g/mol. The van der Waals surface area contributed by atoms with E-state index in [4.69, 9.17) is 4.74 Å². The first kappa shape index (κ1) is 8.09. The molecule has 1 saturated heterocycles. The molecule has 1 heterocycles. The minimum atomic E-state index is -0.496. The summed E-state index contributed by atoms with van der Waals surface area (Å²) in [7, 11) is 0. The number of hydrogen-bond donors (Lipinski definition) is 1. The van der Waals surface area contributed by atoms with E-state index in [9.17, 15) is 4.79 Å². The van der Waals surface area contributed by atoms with Crippen molar-refractivity contribution >= 4 is 5.91 Å². The molecule has 2 fully saturated rings. The van der Waals surface area contributed by atoms with E-state index >= 15 is 0 Å². The number of carbonyl (C=O) groups is 1. The topological polar surface area (TPSA) is 38.3 Å². The van der Waals surface area contributed by atoms with Crippen LogP contribution in [0.3, 0.4) is 0 Å². The summed E-state index contributed by atoms with van der Waals surface area (Å²) in [5.74, 6) is 1.40. The first-order valence-electron chi connectivity index (χ1n) is 5.12. The van der Waals surface area contributed by atoms with Crippen LogP contribution in [0.25, 0.3) is 0 Å². The predicted molar refractivity (Wildman–Crippen MR) is 51.1 cm³/mol. The number of nitrogens with one attached hydrogen (secondary N) is 1. The highest BCUT2D eigenvalue weighted by molar-refractivity contribution is 5.91. The second kappa shape index (κ2) is 2.41. The number of hydrogen-bond acceptors (Lipinski definition) is 2. The van der Waals surface area contributed by atoms with Gasteiger partial charge in [0.1, 0.15) is 5.76 Å². The maximum atomic E-state index is 11.6. The van der Waals surface area contributed by atoms with Crippen molar-refractivity contribution in [1.82, 2.24) is 5.32 Å². The Balaban J connectivity index is 1.93. The molecule has 1 amide bonds. The zero-order valence-corrected chi connectivity index (χ0v) is 8.17. The summed E-state index contributed by atoms with van der Waals surface area (Å²) in [6.45, 7) is 2.13. The molecule has 3 rings (SSSR count). The molecule has 0 aromatic rings. The molecule has 1 atom stereocenters. The lowest BCUT2D eigenvalue weighted by Gasteiger charge is -2.30. The maximum absolute atomic E-state index is 11.6. The average Bonchev–Trinajstić information content (AvgIpc) is 2.89. The molecular weight excluding hydrogens is 178 g/mol. The van der Waals surface area contributed by atoms with Gasteiger partial charge in [0.2, 0.25) is 0 Å². The summed E-state index contributed by atoms with van der Waals surface area (Å²) >= 11 is 0. The molecule has 0 aromatic carbocycles. The fourth-order valence-electron chi connectivity index (χ4n) is 1.97. The van der Waals surface area contributed by atoms with Crippen LogP contribution in [-0.4, -0.2) is 11.5 Å². The maximum Gasteiger partial charge on any atom is 0.268 e. The van der Waals surface area contributed by atoms with E-state index in [1.165, 1.54) is 0 Å². The highest BCUT2D eigenvalue weighted by atomic mass is 16.5. The molecule has 14 heavy (non-hydrogen) atoms. The molecule has 1 spiro atoms. The Morgan fingerprint density at radius 3 is 3.07 bits per heavy atom. The predicted octanol–water partition coefficient (Wildman–Crippen LogP) is 1.47. The Morgan fingerprint density at radius 2 is 2.36 bits per heavy atom. The van der Waals surface area contributed by atoms with Gasteiger partial charge in [-0.1, -0.05) is 13.0 Å². The molecule has 0 aromatic heterocycles. The minimum Gasteiger partial charge on any atom is -0.476 e. The van der Waals surface area contributed by atoms with E-state index in [1.807, 2.05) is 0 Å². The fourth-order valence-corrected chi connectivity index (χ4v) is 1.97. The Morgan fingerprint density at radius 1 is 1.57 bits per heavy atom. The van der Waals surface area contributed by atoms with Crippen LogP contribution in [0, 0.1) is 5.92 Å². The van der Waals surface area contributed by atoms with Crippen LogP contribution in [-0.2, 0) is 9.53 Å². The molecule has 2 aliphatic carbocycles. The first-order valence-corrected chi connectivity index (χ1v) is 5.12. The second-order valence-corrected chi connectivity index (χ2v) is 4.41. The number of carbonyl (C=O) groups excluding carboxylic acids is 1. The Kier molecular flexibility index (Phi) is 1.39. The van der Waals surface area contributed by atoms with Crippen LogP contribution in [0.5, 0.6) is 0 Å². The van der Waals surface area contributed by atoms with E-state index in [-0.39, 0.29) is 5.91 Å². The molecule has 3 aliphatic rings. The van der Waals surface area contributed by atoms with Gasteiger partial charge in [-0.05, 0) is 18.4 Å². The molecule has 3 heteroatoms. The monoisotopic (exact) mass is 191 g/mol. The van der Waals surface area contributed by atoms with Crippen molar-refractivity contribution in [3.63, 3.8) is 0 Å². The summed E-state index contributed by atoms with van der Waals surface area (Å²) < 4.78 is 5.73. The van der Waals surface area contributed by atoms with Gasteiger partial charge in [-0.15, -0.1) is 0 Å². The molecule has 1 unspecified atom stereocenters. The molecule has 1 N–H and O–H groups in total. The zero-order valence-electron chi connectivity index (χ0n) is 8.17. The van der Waals surface area contributed by atoms with Gasteiger partial charge >= 0.3 is 0 Å². The first-order chi connectivity index (χ1) is 6.70. The molecule has 3 nitrogen and oxygen atoms in total. The second-order valence-electron chi connectivity index (χ2n) is 4.41. The SMILES string of the molecule is CC1C=C2NC(=O)C3(CC3)OC2=CC1. The third-order valence-corrected chi connectivity index (χ3v) is 3.06. The summed E-state index contributed by atoms with van der Waals surface area (Å²) in [5.41, 5.74) is 0.371. The summed E-state index contributed by atoms with van der Waals surface area (Å²) in [5, 5.41) is 2.93. The quantitative estimate of drug-likeness (QED) is 0.629. The van der Waals surface area contributed by atoms with Crippen molar-refractivity contribution in [1.29, 1.82) is 0 Å². The Labute approximate surface area is 82.8 Å². The number of ether oxygens (including phenoxy) is 1. The van der Waals surface area contributed by atoms with Crippen molar-refractivity contribution < 1.29 is 9.53 Å². The lowest BCUT2D eigenvalue weighted by molar-refractivity contribution is -0.134. The van der Waals surface area contributed by atoms with Gasteiger partial charge in [0, 0.05) is 12.8 Å². The normalized spacial score (nSPS) is 32.4. The van der Waals surface area contributed by atoms with Crippen molar-refractivity contribution in [2.24, 2.45) is 5.92 Å². The fraction of sp³-hybridized carbons (Fsp3) is 0.545. The minimum absolute atomic E-state index is 0.0370. The van der Waals surface area contributed by atoms with Crippen LogP contribution in [0.4, 0.5) is 0 Å². The Hall–Kier alpha value is -1.25. The van der Waals surface area contributed by atoms with Gasteiger partial charge in [0.25, 0.3) is 5.91 Å². The molecule has 1 aliphatic heterocycles. The zero-order chi connectivity index (χ0) is 9.76. The summed E-state index contributed by atoms with van der Waals surface area (Å²) in [6.07, 6.45) is 6.88. The van der Waals surface area contributed by atoms with E-state index in [2.05, 4.69) is 24.4 Å². The van der Waals surface area contributed by atoms with Crippen molar-refractivity contribution in [3.8, 4) is 0 Å². The molecular formula is C11H13NO2. The van der Waals surface area contributed by atoms with Crippen LogP contribution < -0.4 is 5.32 Å². The van der Waals surface area contributed by atoms with Crippen molar-refractivity contribution in [2.75, 3.05) is 0 Å². The smallest absolute Gasteiger partial charge is 0.268 e. The largest absolute Gasteiger partial charge is 0.476 e. The van der Waals surface area contributed by atoms with Crippen LogP contribution >= 0.6 is 0 Å². The number of allylic oxidation sites excluding steroid dienone is 2. The number of fused-ring (bicyclic) bond motifs is 1. The third kappa shape index (κ3) is 1.01. The van der Waals surface area contributed by atoms with Gasteiger partial charge in [0.15, 0.2) is 5.60 Å². The van der Waals surface area contributed by atoms with Crippen LogP contribution in [0.1, 0.15) is 26.2 Å². The molecule has 74 valence electrons. The van der Waals surface area contributed by atoms with E-state index in [0.29, 0.717) is 5.92 Å². The lowest BCUT2D eigenvalue weighted by Crippen LogP contribution is -2.44. The van der Waals surface area contributed by atoms with E-state index in [1.54, 1.807) is 0 Å². The molecule has 1 saturated carbocycles. The van der Waals surface area contributed by atoms with Gasteiger partial charge in [-0.2, -0.15) is 0 Å². The van der Waals surface area contributed by atoms with E-state index in [0.717, 1.165) is 30.7 Å². The Bertz CT molecular complexity index is 363. The number of amides is 1. The van der Waals surface area contributed by atoms with Crippen molar-refractivity contribution in [2.45, 2.75) is 31.8 Å². The standard InChI is InChI=1S/C11H13NO2/c1-7-2-3-9-8(6-7)12-10(13)11(14-9)4-5-11/h3,6-7H,2,4-5H2,1H3,(H,12,13). The number of rotatable bonds is 0. The van der Waals surface area contributed by atoms with Gasteiger partial charge in [-0.3, -0.25) is 4.79 Å². The van der Waals surface area contributed by atoms with Gasteiger partial charge in [-0.25, -0.2) is 0 Å². The highest BCUT2D eigenvalue weighted by Crippen LogP contribution is 2.46. The van der Waals surface area contributed by atoms with Gasteiger partial charge < -0.3 is 10.1 Å². The summed E-state index contributed by atoms with van der Waals surface area (Å²) in [4.78, 5) is 11.6. The molecule has 0 radical (unpaired) electrons. The van der Waals surface area contributed by atoms with Crippen LogP contribution in [0.2, 0.25) is 0 Å². The van der Waals surface area contributed by atoms with Crippen LogP contribution in [0.15, 0.2) is 23.6 Å². The van der Waals surface area contributed by atoms with Crippen molar-refractivity contribution in [3.05, 3.63) is 23.6 Å². The van der Waals surface area contributed by atoms with E-state index < -0.39 is 5.60 Å². The lowest BCUT2D eigenvalue weighted by atomic mass is 9.99. The summed E-state index contributed by atoms with van der Waals surface area (Å²) in [6, 6.07) is 0. The van der Waals surface area contributed by atoms with Gasteiger partial charge in [0.05, 0.1) is 5.70 Å².